The number of hydrogen-bond acceptors (Lipinski definition) is 5. The van der Waals surface area contributed by atoms with Gasteiger partial charge in [-0.3, -0.25) is 4.90 Å². The van der Waals surface area contributed by atoms with E-state index in [1.807, 2.05) is 36.4 Å². The quantitative estimate of drug-likeness (QED) is 0.433. The lowest BCUT2D eigenvalue weighted by Gasteiger charge is -2.36. The largest absolute Gasteiger partial charge is 0.497 e. The van der Waals surface area contributed by atoms with Crippen LogP contribution in [0.5, 0.6) is 5.75 Å². The lowest BCUT2D eigenvalue weighted by Crippen LogP contribution is -2.46. The lowest BCUT2D eigenvalue weighted by atomic mass is 10.2. The SMILES string of the molecule is COc1ccc(-c2nc3ncc(Cl)c(N4CCN(Cc5ccc(Cl)cc5)CC4)c3[nH]2)cc1. The van der Waals surface area contributed by atoms with Crippen LogP contribution in [-0.4, -0.2) is 53.1 Å². The number of imidazole rings is 1. The third-order valence-corrected chi connectivity index (χ3v) is 6.35. The van der Waals surface area contributed by atoms with Gasteiger partial charge in [0.05, 0.1) is 24.0 Å². The van der Waals surface area contributed by atoms with E-state index in [-0.39, 0.29) is 0 Å². The summed E-state index contributed by atoms with van der Waals surface area (Å²) >= 11 is 12.6. The second-order valence-electron chi connectivity index (χ2n) is 7.86. The van der Waals surface area contributed by atoms with Crippen molar-refractivity contribution in [3.8, 4) is 17.1 Å². The number of ether oxygens (including phenoxy) is 1. The van der Waals surface area contributed by atoms with E-state index in [0.29, 0.717) is 10.7 Å². The van der Waals surface area contributed by atoms with Crippen LogP contribution in [0.3, 0.4) is 0 Å². The van der Waals surface area contributed by atoms with Gasteiger partial charge in [0.15, 0.2) is 5.65 Å². The molecule has 1 fully saturated rings. The Labute approximate surface area is 196 Å². The normalized spacial score (nSPS) is 14.8. The number of aromatic amines is 1. The molecule has 2 aromatic heterocycles. The maximum absolute atomic E-state index is 6.62. The van der Waals surface area contributed by atoms with Crippen LogP contribution < -0.4 is 9.64 Å². The van der Waals surface area contributed by atoms with Crippen LogP contribution >= 0.6 is 23.2 Å². The molecule has 4 aromatic rings. The van der Waals surface area contributed by atoms with Gasteiger partial charge in [0.1, 0.15) is 17.1 Å². The van der Waals surface area contributed by atoms with E-state index >= 15 is 0 Å². The average Bonchev–Trinajstić information content (AvgIpc) is 3.25. The van der Waals surface area contributed by atoms with Crippen LogP contribution in [0.15, 0.2) is 54.7 Å². The zero-order valence-electron chi connectivity index (χ0n) is 17.7. The Kier molecular flexibility index (Phi) is 5.91. The maximum atomic E-state index is 6.62. The molecule has 0 radical (unpaired) electrons. The van der Waals surface area contributed by atoms with Crippen molar-refractivity contribution in [1.82, 2.24) is 19.9 Å². The molecule has 0 unspecified atom stereocenters. The fraction of sp³-hybridized carbons (Fsp3) is 0.250. The van der Waals surface area contributed by atoms with E-state index in [1.54, 1.807) is 13.3 Å². The molecule has 5 rings (SSSR count). The molecule has 32 heavy (non-hydrogen) atoms. The molecule has 1 aliphatic heterocycles. The minimum atomic E-state index is 0.633. The summed E-state index contributed by atoms with van der Waals surface area (Å²) in [6, 6.07) is 15.9. The van der Waals surface area contributed by atoms with Gasteiger partial charge in [-0.05, 0) is 42.0 Å². The highest BCUT2D eigenvalue weighted by Crippen LogP contribution is 2.34. The van der Waals surface area contributed by atoms with Crippen LogP contribution in [0.25, 0.3) is 22.6 Å². The van der Waals surface area contributed by atoms with Gasteiger partial charge < -0.3 is 14.6 Å². The van der Waals surface area contributed by atoms with Crippen LogP contribution in [0, 0.1) is 0 Å². The molecule has 0 spiro atoms. The van der Waals surface area contributed by atoms with Crippen molar-refractivity contribution in [3.05, 3.63) is 70.3 Å². The zero-order chi connectivity index (χ0) is 22.1. The van der Waals surface area contributed by atoms with Crippen molar-refractivity contribution in [2.45, 2.75) is 6.54 Å². The van der Waals surface area contributed by atoms with Crippen molar-refractivity contribution in [3.63, 3.8) is 0 Å². The first kappa shape index (κ1) is 21.1. The number of fused-ring (bicyclic) bond motifs is 1. The second-order valence-corrected chi connectivity index (χ2v) is 8.70. The number of nitrogens with one attached hydrogen (secondary N) is 1. The summed E-state index contributed by atoms with van der Waals surface area (Å²) in [6.45, 7) is 4.56. The fourth-order valence-corrected chi connectivity index (χ4v) is 4.48. The number of benzene rings is 2. The van der Waals surface area contributed by atoms with E-state index in [1.165, 1.54) is 5.56 Å². The predicted molar refractivity (Wildman–Crippen MR) is 130 cm³/mol. The Balaban J connectivity index is 1.36. The molecular weight excluding hydrogens is 445 g/mol. The first-order valence-electron chi connectivity index (χ1n) is 10.5. The number of pyridine rings is 1. The molecule has 6 nitrogen and oxygen atoms in total. The minimum Gasteiger partial charge on any atom is -0.497 e. The molecule has 8 heteroatoms. The number of rotatable bonds is 5. The van der Waals surface area contributed by atoms with Crippen LogP contribution in [0.1, 0.15) is 5.56 Å². The third-order valence-electron chi connectivity index (χ3n) is 5.82. The van der Waals surface area contributed by atoms with Gasteiger partial charge in [0.25, 0.3) is 0 Å². The Morgan fingerprint density at radius 1 is 0.969 bits per heavy atom. The average molecular weight is 468 g/mol. The van der Waals surface area contributed by atoms with Crippen molar-refractivity contribution in [1.29, 1.82) is 0 Å². The minimum absolute atomic E-state index is 0.633. The Hall–Kier alpha value is -2.80. The highest BCUT2D eigenvalue weighted by Gasteiger charge is 2.23. The van der Waals surface area contributed by atoms with Crippen LogP contribution in [-0.2, 0) is 6.54 Å². The molecule has 0 saturated carbocycles. The Morgan fingerprint density at radius 3 is 2.38 bits per heavy atom. The van der Waals surface area contributed by atoms with E-state index in [4.69, 9.17) is 32.9 Å². The molecular formula is C24H23Cl2N5O. The second kappa shape index (κ2) is 8.98. The van der Waals surface area contributed by atoms with Gasteiger partial charge in [0.2, 0.25) is 0 Å². The summed E-state index contributed by atoms with van der Waals surface area (Å²) in [5.74, 6) is 1.57. The van der Waals surface area contributed by atoms with Crippen LogP contribution in [0.2, 0.25) is 10.0 Å². The molecule has 0 aliphatic carbocycles. The monoisotopic (exact) mass is 467 g/mol. The number of methoxy groups -OCH3 is 1. The maximum Gasteiger partial charge on any atom is 0.180 e. The van der Waals surface area contributed by atoms with Crippen molar-refractivity contribution < 1.29 is 4.74 Å². The highest BCUT2D eigenvalue weighted by atomic mass is 35.5. The number of halogens is 2. The van der Waals surface area contributed by atoms with Gasteiger partial charge in [-0.25, -0.2) is 9.97 Å². The van der Waals surface area contributed by atoms with Crippen LogP contribution in [0.4, 0.5) is 5.69 Å². The summed E-state index contributed by atoms with van der Waals surface area (Å²) in [7, 11) is 1.66. The van der Waals surface area contributed by atoms with E-state index < -0.39 is 0 Å². The Bertz CT molecular complexity index is 1220. The summed E-state index contributed by atoms with van der Waals surface area (Å²) in [4.78, 5) is 17.4. The first-order valence-corrected chi connectivity index (χ1v) is 11.3. The smallest absolute Gasteiger partial charge is 0.180 e. The molecule has 0 bridgehead atoms. The topological polar surface area (TPSA) is 57.3 Å². The summed E-state index contributed by atoms with van der Waals surface area (Å²) in [6.07, 6.45) is 1.69. The van der Waals surface area contributed by atoms with Gasteiger partial charge in [-0.2, -0.15) is 0 Å². The Morgan fingerprint density at radius 2 is 1.69 bits per heavy atom. The van der Waals surface area contributed by atoms with Gasteiger partial charge in [0, 0.05) is 43.3 Å². The van der Waals surface area contributed by atoms with Gasteiger partial charge in [-0.15, -0.1) is 0 Å². The summed E-state index contributed by atoms with van der Waals surface area (Å²) in [5.41, 5.74) is 4.74. The van der Waals surface area contributed by atoms with Crippen molar-refractivity contribution in [2.75, 3.05) is 38.2 Å². The number of hydrogen-bond donors (Lipinski definition) is 1. The fourth-order valence-electron chi connectivity index (χ4n) is 4.09. The van der Waals surface area contributed by atoms with E-state index in [0.717, 1.165) is 66.1 Å². The summed E-state index contributed by atoms with van der Waals surface area (Å²) in [5, 5.41) is 1.40. The van der Waals surface area contributed by atoms with E-state index in [2.05, 4.69) is 31.9 Å². The molecule has 1 N–H and O–H groups in total. The van der Waals surface area contributed by atoms with Gasteiger partial charge in [-0.1, -0.05) is 35.3 Å². The van der Waals surface area contributed by atoms with Crippen molar-refractivity contribution in [2.24, 2.45) is 0 Å². The standard InChI is InChI=1S/C24H23Cl2N5O/c1-32-19-8-4-17(5-9-19)23-28-21-22(20(26)14-27-24(21)29-23)31-12-10-30(11-13-31)15-16-2-6-18(25)7-3-16/h2-9,14H,10-13,15H2,1H3,(H,27,28,29). The third kappa shape index (κ3) is 4.26. The molecule has 164 valence electrons. The lowest BCUT2D eigenvalue weighted by molar-refractivity contribution is 0.250. The molecule has 0 atom stereocenters. The number of piperazine rings is 1. The number of nitrogens with zero attached hydrogens (tertiary/aromatic N) is 4. The summed E-state index contributed by atoms with van der Waals surface area (Å²) < 4.78 is 5.25. The predicted octanol–water partition coefficient (Wildman–Crippen LogP) is 5.26. The molecule has 3 heterocycles. The number of anilines is 1. The van der Waals surface area contributed by atoms with Crippen molar-refractivity contribution >= 4 is 40.1 Å². The van der Waals surface area contributed by atoms with Gasteiger partial charge >= 0.3 is 0 Å². The molecule has 0 amide bonds. The number of H-pyrrole nitrogens is 1. The molecule has 2 aromatic carbocycles. The zero-order valence-corrected chi connectivity index (χ0v) is 19.2. The first-order chi connectivity index (χ1) is 15.6. The number of aromatic nitrogens is 3. The van der Waals surface area contributed by atoms with E-state index in [9.17, 15) is 0 Å². The molecule has 1 aliphatic rings. The highest BCUT2D eigenvalue weighted by molar-refractivity contribution is 6.34. The molecule has 1 saturated heterocycles.